The van der Waals surface area contributed by atoms with Crippen molar-refractivity contribution in [2.45, 2.75) is 78.1 Å². The summed E-state index contributed by atoms with van der Waals surface area (Å²) in [6.07, 6.45) is 13.0. The van der Waals surface area contributed by atoms with Crippen molar-refractivity contribution in [1.29, 1.82) is 0 Å². The quantitative estimate of drug-likeness (QED) is 0.130. The van der Waals surface area contributed by atoms with E-state index >= 15 is 0 Å². The van der Waals surface area contributed by atoms with E-state index in [1.807, 2.05) is 30.3 Å². The lowest BCUT2D eigenvalue weighted by atomic mass is 10.1. The second kappa shape index (κ2) is 22.4. The molecule has 0 bridgehead atoms. The summed E-state index contributed by atoms with van der Waals surface area (Å²) in [5.41, 5.74) is 0.749. The first-order valence-electron chi connectivity index (χ1n) is 12.5. The average Bonchev–Trinajstić information content (AvgIpc) is 2.88. The third-order valence-electron chi connectivity index (χ3n) is 5.03. The van der Waals surface area contributed by atoms with Crippen molar-refractivity contribution < 1.29 is 4.79 Å². The molecule has 178 valence electrons. The maximum atomic E-state index is 12.7. The van der Waals surface area contributed by atoms with Crippen LogP contribution in [0.1, 0.15) is 88.4 Å². The maximum Gasteiger partial charge on any atom is 0.213 e. The zero-order chi connectivity index (χ0) is 25.2. The van der Waals surface area contributed by atoms with Crippen molar-refractivity contribution >= 4 is 16.7 Å². The highest BCUT2D eigenvalue weighted by Gasteiger charge is 2.21. The fourth-order valence-corrected chi connectivity index (χ4v) is 4.75. The van der Waals surface area contributed by atoms with Gasteiger partial charge in [-0.1, -0.05) is 94.5 Å². The fraction of sp³-hybridized carbons (Fsp3) is 0.424. The molecular weight excluding hydrogens is 444 g/mol. The summed E-state index contributed by atoms with van der Waals surface area (Å²) in [4.78, 5) is 12.7. The van der Waals surface area contributed by atoms with Gasteiger partial charge in [0.05, 0.1) is 10.9 Å². The van der Waals surface area contributed by atoms with Crippen LogP contribution in [0.5, 0.6) is 0 Å². The van der Waals surface area contributed by atoms with Crippen molar-refractivity contribution in [1.82, 2.24) is 0 Å². The zero-order valence-corrected chi connectivity index (χ0v) is 22.0. The van der Waals surface area contributed by atoms with E-state index in [-0.39, 0.29) is 16.7 Å². The number of Topliss-reactive ketones (excluding diaryl/α,β-unsaturated/α-hetero) is 1. The molecule has 0 aromatic heterocycles. The Morgan fingerprint density at radius 2 is 1.14 bits per heavy atom. The Hall–Kier alpha value is -3.40. The number of carbonyl (C=O) groups is 1. The van der Waals surface area contributed by atoms with Crippen LogP contribution < -0.4 is 0 Å². The van der Waals surface area contributed by atoms with Crippen molar-refractivity contribution in [3.8, 4) is 70.4 Å². The minimum Gasteiger partial charge on any atom is -0.289 e. The fourth-order valence-electron chi connectivity index (χ4n) is 3.20. The van der Waals surface area contributed by atoms with E-state index in [2.05, 4.69) is 77.3 Å². The summed E-state index contributed by atoms with van der Waals surface area (Å²) in [6, 6.07) is 9.46. The predicted octanol–water partition coefficient (Wildman–Crippen LogP) is 6.41. The van der Waals surface area contributed by atoms with Crippen LogP contribution in [0.15, 0.2) is 30.3 Å². The lowest BCUT2D eigenvalue weighted by Crippen LogP contribution is -2.18. The van der Waals surface area contributed by atoms with Gasteiger partial charge in [-0.05, 0) is 49.4 Å². The van der Waals surface area contributed by atoms with Gasteiger partial charge in [-0.15, -0.1) is 0 Å². The SMILES string of the molecule is CC#CC#CC#CC#CC#CC#C[S+](CCCCCCCCCCCC)CC(=O)c1ccccc1. The minimum absolute atomic E-state index is 0.146. The molecule has 0 aliphatic heterocycles. The monoisotopic (exact) mass is 479 g/mol. The lowest BCUT2D eigenvalue weighted by Gasteiger charge is -2.03. The van der Waals surface area contributed by atoms with Crippen LogP contribution in [0, 0.1) is 70.4 Å². The second-order valence-corrected chi connectivity index (χ2v) is 9.80. The molecule has 0 aliphatic rings. The summed E-state index contributed by atoms with van der Waals surface area (Å²) in [6.45, 7) is 3.98. The first-order valence-corrected chi connectivity index (χ1v) is 14.0. The molecule has 0 radical (unpaired) electrons. The van der Waals surface area contributed by atoms with Crippen molar-refractivity contribution in [2.75, 3.05) is 11.5 Å². The molecule has 1 unspecified atom stereocenters. The molecule has 0 saturated heterocycles. The average molecular weight is 480 g/mol. The van der Waals surface area contributed by atoms with Gasteiger partial charge in [-0.3, -0.25) is 4.79 Å². The molecule has 35 heavy (non-hydrogen) atoms. The largest absolute Gasteiger partial charge is 0.289 e. The van der Waals surface area contributed by atoms with Crippen LogP contribution in [0.25, 0.3) is 0 Å². The summed E-state index contributed by atoms with van der Waals surface area (Å²) in [5.74, 6) is 30.8. The van der Waals surface area contributed by atoms with Crippen LogP contribution in [-0.4, -0.2) is 17.3 Å². The highest BCUT2D eigenvalue weighted by Crippen LogP contribution is 2.12. The van der Waals surface area contributed by atoms with Crippen LogP contribution >= 0.6 is 0 Å². The number of rotatable bonds is 14. The van der Waals surface area contributed by atoms with E-state index in [1.165, 1.54) is 57.8 Å². The molecule has 1 aromatic carbocycles. The molecule has 1 rings (SSSR count). The Bertz CT molecular complexity index is 1120. The number of hydrogen-bond acceptors (Lipinski definition) is 1. The van der Waals surface area contributed by atoms with Crippen LogP contribution in [0.3, 0.4) is 0 Å². The normalized spacial score (nSPS) is 9.43. The Kier molecular flexibility index (Phi) is 19.0. The summed E-state index contributed by atoms with van der Waals surface area (Å²) >= 11 is 0. The zero-order valence-electron chi connectivity index (χ0n) is 21.2. The molecule has 0 aliphatic carbocycles. The second-order valence-electron chi connectivity index (χ2n) is 7.91. The first kappa shape index (κ1) is 29.6. The number of carbonyl (C=O) groups excluding carboxylic acids is 1. The Morgan fingerprint density at radius 3 is 1.69 bits per heavy atom. The smallest absolute Gasteiger partial charge is 0.213 e. The third kappa shape index (κ3) is 17.7. The van der Waals surface area contributed by atoms with Gasteiger partial charge in [0, 0.05) is 35.2 Å². The Balaban J connectivity index is 2.55. The Morgan fingerprint density at radius 1 is 0.657 bits per heavy atom. The first-order chi connectivity index (χ1) is 17.3. The van der Waals surface area contributed by atoms with Crippen molar-refractivity contribution in [2.24, 2.45) is 0 Å². The van der Waals surface area contributed by atoms with Gasteiger partial charge < -0.3 is 0 Å². The predicted molar refractivity (Wildman–Crippen MR) is 152 cm³/mol. The summed E-state index contributed by atoms with van der Waals surface area (Å²) in [5, 5.41) is 3.22. The van der Waals surface area contributed by atoms with Gasteiger partial charge >= 0.3 is 0 Å². The number of ketones is 1. The Labute approximate surface area is 217 Å². The maximum absolute atomic E-state index is 12.7. The van der Waals surface area contributed by atoms with E-state index in [0.29, 0.717) is 5.75 Å². The van der Waals surface area contributed by atoms with E-state index in [0.717, 1.165) is 17.7 Å². The van der Waals surface area contributed by atoms with E-state index in [9.17, 15) is 4.79 Å². The van der Waals surface area contributed by atoms with E-state index in [1.54, 1.807) is 6.92 Å². The molecule has 1 aromatic rings. The number of unbranched alkanes of at least 4 members (excludes halogenated alkanes) is 9. The number of benzene rings is 1. The van der Waals surface area contributed by atoms with E-state index in [4.69, 9.17) is 0 Å². The molecule has 1 nitrogen and oxygen atoms in total. The molecule has 0 heterocycles. The summed E-state index contributed by atoms with van der Waals surface area (Å²) in [7, 11) is -0.302. The molecule has 1 atom stereocenters. The van der Waals surface area contributed by atoms with Gasteiger partial charge in [-0.25, -0.2) is 0 Å². The van der Waals surface area contributed by atoms with Gasteiger partial charge in [0.1, 0.15) is 5.75 Å². The summed E-state index contributed by atoms with van der Waals surface area (Å²) < 4.78 is 0. The number of hydrogen-bond donors (Lipinski definition) is 0. The van der Waals surface area contributed by atoms with E-state index < -0.39 is 0 Å². The molecule has 0 spiro atoms. The van der Waals surface area contributed by atoms with Gasteiger partial charge in [0.15, 0.2) is 11.0 Å². The molecule has 0 saturated carbocycles. The third-order valence-corrected chi connectivity index (χ3v) is 6.81. The topological polar surface area (TPSA) is 17.1 Å². The van der Waals surface area contributed by atoms with Crippen molar-refractivity contribution in [3.63, 3.8) is 0 Å². The van der Waals surface area contributed by atoms with Gasteiger partial charge in [-0.2, -0.15) is 0 Å². The van der Waals surface area contributed by atoms with Gasteiger partial charge in [0.2, 0.25) is 5.78 Å². The molecule has 0 fully saturated rings. The molecule has 0 amide bonds. The van der Waals surface area contributed by atoms with Crippen LogP contribution in [-0.2, 0) is 10.9 Å². The van der Waals surface area contributed by atoms with Crippen LogP contribution in [0.2, 0.25) is 0 Å². The van der Waals surface area contributed by atoms with Crippen molar-refractivity contribution in [3.05, 3.63) is 35.9 Å². The molecule has 2 heteroatoms. The highest BCUT2D eigenvalue weighted by atomic mass is 32.2. The highest BCUT2D eigenvalue weighted by molar-refractivity contribution is 8.01. The van der Waals surface area contributed by atoms with Crippen LogP contribution in [0.4, 0.5) is 0 Å². The van der Waals surface area contributed by atoms with Gasteiger partial charge in [0.25, 0.3) is 0 Å². The standard InChI is InChI=1S/C33H35OS/c1-3-5-7-9-11-13-15-17-19-21-26-30-35(31-33(34)32-27-23-22-24-28-32)29-25-20-18-16-14-12-10-8-6-4-2/h22-24,27-28H,4,6,8,10,12,14,16,18,20,25,29,31H2,1-2H3/q+1. The minimum atomic E-state index is -0.302. The lowest BCUT2D eigenvalue weighted by molar-refractivity contribution is 0.102. The molecule has 0 N–H and O–H groups in total. The molecular formula is C33H35OS+.